The molecule has 27 heavy (non-hydrogen) atoms. The average Bonchev–Trinajstić information content (AvgIpc) is 2.99. The lowest BCUT2D eigenvalue weighted by Crippen LogP contribution is -2.18. The Hall–Kier alpha value is -3.29. The third-order valence-corrected chi connectivity index (χ3v) is 4.00. The SMILES string of the molecule is COC(=O)c1cn(CC(=O)Nc2ccc(C(F)(F)F)cc2)c2ccccc12. The molecule has 0 fully saturated rings. The minimum Gasteiger partial charge on any atom is -0.465 e. The highest BCUT2D eigenvalue weighted by Crippen LogP contribution is 2.30. The Morgan fingerprint density at radius 3 is 2.37 bits per heavy atom. The lowest BCUT2D eigenvalue weighted by atomic mass is 10.2. The molecule has 0 saturated heterocycles. The van der Waals surface area contributed by atoms with Gasteiger partial charge in [-0.05, 0) is 30.3 Å². The Labute approximate surface area is 152 Å². The van der Waals surface area contributed by atoms with E-state index in [-0.39, 0.29) is 12.2 Å². The number of rotatable bonds is 4. The molecule has 140 valence electrons. The topological polar surface area (TPSA) is 60.3 Å². The van der Waals surface area contributed by atoms with Crippen LogP contribution in [0.1, 0.15) is 15.9 Å². The van der Waals surface area contributed by atoms with Gasteiger partial charge in [0.1, 0.15) is 6.54 Å². The number of fused-ring (bicyclic) bond motifs is 1. The van der Waals surface area contributed by atoms with E-state index in [0.29, 0.717) is 16.5 Å². The van der Waals surface area contributed by atoms with Gasteiger partial charge >= 0.3 is 12.1 Å². The zero-order chi connectivity index (χ0) is 19.6. The van der Waals surface area contributed by atoms with Crippen molar-refractivity contribution in [3.63, 3.8) is 0 Å². The number of carbonyl (C=O) groups excluding carboxylic acids is 2. The second-order valence-electron chi connectivity index (χ2n) is 5.80. The first-order chi connectivity index (χ1) is 12.8. The van der Waals surface area contributed by atoms with Gasteiger partial charge in [0.2, 0.25) is 5.91 Å². The number of para-hydroxylation sites is 1. The van der Waals surface area contributed by atoms with Crippen molar-refractivity contribution in [2.24, 2.45) is 0 Å². The number of ether oxygens (including phenoxy) is 1. The number of hydrogen-bond donors (Lipinski definition) is 1. The van der Waals surface area contributed by atoms with Gasteiger partial charge in [0.25, 0.3) is 0 Å². The second-order valence-corrected chi connectivity index (χ2v) is 5.80. The molecule has 0 bridgehead atoms. The van der Waals surface area contributed by atoms with Crippen LogP contribution in [0.15, 0.2) is 54.7 Å². The molecule has 1 amide bonds. The highest BCUT2D eigenvalue weighted by Gasteiger charge is 2.30. The molecule has 3 aromatic rings. The van der Waals surface area contributed by atoms with E-state index in [1.165, 1.54) is 25.4 Å². The first-order valence-electron chi connectivity index (χ1n) is 7.93. The molecule has 0 radical (unpaired) electrons. The Kier molecular flexibility index (Phi) is 4.89. The molecule has 0 aliphatic carbocycles. The summed E-state index contributed by atoms with van der Waals surface area (Å²) in [5.74, 6) is -0.958. The van der Waals surface area contributed by atoms with Crippen LogP contribution >= 0.6 is 0 Å². The van der Waals surface area contributed by atoms with Gasteiger partial charge in [-0.3, -0.25) is 4.79 Å². The molecule has 1 heterocycles. The van der Waals surface area contributed by atoms with Crippen LogP contribution in [0.3, 0.4) is 0 Å². The molecule has 0 aliphatic heterocycles. The molecular weight excluding hydrogens is 361 g/mol. The molecule has 3 rings (SSSR count). The van der Waals surface area contributed by atoms with Gasteiger partial charge in [-0.25, -0.2) is 4.79 Å². The number of halogens is 3. The molecule has 0 unspecified atom stereocenters. The maximum atomic E-state index is 12.6. The predicted molar refractivity (Wildman–Crippen MR) is 93.4 cm³/mol. The molecule has 0 atom stereocenters. The summed E-state index contributed by atoms with van der Waals surface area (Å²) < 4.78 is 44.1. The Morgan fingerprint density at radius 1 is 1.07 bits per heavy atom. The average molecular weight is 376 g/mol. The molecule has 1 aromatic heterocycles. The van der Waals surface area contributed by atoms with E-state index in [1.54, 1.807) is 28.8 Å². The van der Waals surface area contributed by atoms with Crippen molar-refractivity contribution in [3.05, 3.63) is 65.9 Å². The molecule has 0 spiro atoms. The molecule has 2 aromatic carbocycles. The molecule has 0 aliphatic rings. The van der Waals surface area contributed by atoms with E-state index < -0.39 is 23.6 Å². The lowest BCUT2D eigenvalue weighted by molar-refractivity contribution is -0.137. The van der Waals surface area contributed by atoms with Crippen molar-refractivity contribution in [2.45, 2.75) is 12.7 Å². The quantitative estimate of drug-likeness (QED) is 0.698. The Balaban J connectivity index is 1.79. The summed E-state index contributed by atoms with van der Waals surface area (Å²) in [7, 11) is 1.27. The summed E-state index contributed by atoms with van der Waals surface area (Å²) in [6, 6.07) is 11.2. The minimum absolute atomic E-state index is 0.113. The molecule has 1 N–H and O–H groups in total. The number of carbonyl (C=O) groups is 2. The van der Waals surface area contributed by atoms with Gasteiger partial charge in [0, 0.05) is 22.8 Å². The number of methoxy groups -OCH3 is 1. The van der Waals surface area contributed by atoms with Gasteiger partial charge in [-0.1, -0.05) is 18.2 Å². The van der Waals surface area contributed by atoms with Crippen molar-refractivity contribution in [1.29, 1.82) is 0 Å². The van der Waals surface area contributed by atoms with Crippen molar-refractivity contribution < 1.29 is 27.5 Å². The fourth-order valence-corrected chi connectivity index (χ4v) is 2.75. The van der Waals surface area contributed by atoms with Crippen LogP contribution in [-0.4, -0.2) is 23.6 Å². The van der Waals surface area contributed by atoms with Crippen molar-refractivity contribution in [3.8, 4) is 0 Å². The summed E-state index contributed by atoms with van der Waals surface area (Å²) >= 11 is 0. The third kappa shape index (κ3) is 3.94. The maximum Gasteiger partial charge on any atom is 0.416 e. The lowest BCUT2D eigenvalue weighted by Gasteiger charge is -2.09. The van der Waals surface area contributed by atoms with Gasteiger partial charge in [0.15, 0.2) is 0 Å². The van der Waals surface area contributed by atoms with E-state index in [0.717, 1.165) is 12.1 Å². The monoisotopic (exact) mass is 376 g/mol. The molecular formula is C19H15F3N2O3. The summed E-state index contributed by atoms with van der Waals surface area (Å²) in [5, 5.41) is 3.19. The molecule has 5 nitrogen and oxygen atoms in total. The van der Waals surface area contributed by atoms with Crippen molar-refractivity contribution in [1.82, 2.24) is 4.57 Å². The number of anilines is 1. The number of esters is 1. The summed E-state index contributed by atoms with van der Waals surface area (Å²) in [6.07, 6.45) is -2.92. The summed E-state index contributed by atoms with van der Waals surface area (Å²) in [4.78, 5) is 24.2. The number of amides is 1. The van der Waals surface area contributed by atoms with Gasteiger partial charge in [-0.15, -0.1) is 0 Å². The van der Waals surface area contributed by atoms with E-state index in [9.17, 15) is 22.8 Å². The fourth-order valence-electron chi connectivity index (χ4n) is 2.75. The maximum absolute atomic E-state index is 12.6. The van der Waals surface area contributed by atoms with Crippen LogP contribution in [0.4, 0.5) is 18.9 Å². The number of alkyl halides is 3. The number of nitrogens with one attached hydrogen (secondary N) is 1. The number of benzene rings is 2. The van der Waals surface area contributed by atoms with Crippen molar-refractivity contribution >= 4 is 28.5 Å². The number of nitrogens with zero attached hydrogens (tertiary/aromatic N) is 1. The third-order valence-electron chi connectivity index (χ3n) is 4.00. The predicted octanol–water partition coefficient (Wildman–Crippen LogP) is 4.09. The Morgan fingerprint density at radius 2 is 1.74 bits per heavy atom. The normalized spacial score (nSPS) is 11.4. The first kappa shape index (κ1) is 18.5. The minimum atomic E-state index is -4.43. The first-order valence-corrected chi connectivity index (χ1v) is 7.93. The highest BCUT2D eigenvalue weighted by molar-refractivity contribution is 6.04. The van der Waals surface area contributed by atoms with E-state index in [1.807, 2.05) is 0 Å². The van der Waals surface area contributed by atoms with E-state index in [4.69, 9.17) is 4.74 Å². The van der Waals surface area contributed by atoms with E-state index >= 15 is 0 Å². The van der Waals surface area contributed by atoms with Crippen LogP contribution in [0.5, 0.6) is 0 Å². The smallest absolute Gasteiger partial charge is 0.416 e. The zero-order valence-electron chi connectivity index (χ0n) is 14.2. The van der Waals surface area contributed by atoms with Gasteiger partial charge < -0.3 is 14.6 Å². The molecule has 8 heteroatoms. The second kappa shape index (κ2) is 7.14. The molecule has 0 saturated carbocycles. The van der Waals surface area contributed by atoms with Crippen LogP contribution in [0, 0.1) is 0 Å². The summed E-state index contributed by atoms with van der Waals surface area (Å²) in [6.45, 7) is -0.113. The zero-order valence-corrected chi connectivity index (χ0v) is 14.2. The summed E-state index contributed by atoms with van der Waals surface area (Å²) in [5.41, 5.74) is 0.452. The Bertz CT molecular complexity index is 992. The van der Waals surface area contributed by atoms with Crippen LogP contribution in [0.2, 0.25) is 0 Å². The number of hydrogen-bond acceptors (Lipinski definition) is 3. The van der Waals surface area contributed by atoms with Crippen molar-refractivity contribution in [2.75, 3.05) is 12.4 Å². The standard InChI is InChI=1S/C19H15F3N2O3/c1-27-18(26)15-10-24(16-5-3-2-4-14(15)16)11-17(25)23-13-8-6-12(7-9-13)19(20,21)22/h2-10H,11H2,1H3,(H,23,25). The van der Waals surface area contributed by atoms with E-state index in [2.05, 4.69) is 5.32 Å². The fraction of sp³-hybridized carbons (Fsp3) is 0.158. The van der Waals surface area contributed by atoms with Gasteiger partial charge in [-0.2, -0.15) is 13.2 Å². The van der Waals surface area contributed by atoms with Crippen LogP contribution in [0.25, 0.3) is 10.9 Å². The van der Waals surface area contributed by atoms with Crippen LogP contribution in [-0.2, 0) is 22.3 Å². The largest absolute Gasteiger partial charge is 0.465 e. The van der Waals surface area contributed by atoms with Gasteiger partial charge in [0.05, 0.1) is 18.2 Å². The van der Waals surface area contributed by atoms with Crippen LogP contribution < -0.4 is 5.32 Å². The number of aromatic nitrogens is 1. The highest BCUT2D eigenvalue weighted by atomic mass is 19.4.